The van der Waals surface area contributed by atoms with Crippen LogP contribution < -0.4 is 0 Å². The molecule has 0 saturated heterocycles. The molecule has 268 valence electrons. The van der Waals surface area contributed by atoms with E-state index in [1.807, 2.05) is 0 Å². The Balaban J connectivity index is 0.986. The van der Waals surface area contributed by atoms with Crippen molar-refractivity contribution in [3.8, 4) is 44.5 Å². The Hall–Kier alpha value is -6.38. The Labute approximate surface area is 327 Å². The monoisotopic (exact) mass is 718 g/mol. The molecule has 2 aliphatic rings. The summed E-state index contributed by atoms with van der Waals surface area (Å²) in [6.07, 6.45) is 0. The lowest BCUT2D eigenvalue weighted by Crippen LogP contribution is -2.14. The number of rotatable bonds is 2. The zero-order valence-corrected chi connectivity index (χ0v) is 32.8. The molecule has 0 N–H and O–H groups in total. The third-order valence-corrected chi connectivity index (χ3v) is 14.0. The second-order valence-electron chi connectivity index (χ2n) is 17.5. The van der Waals surface area contributed by atoms with Crippen molar-refractivity contribution < 1.29 is 0 Å². The van der Waals surface area contributed by atoms with Crippen molar-refractivity contribution in [2.24, 2.45) is 14.1 Å². The van der Waals surface area contributed by atoms with E-state index in [4.69, 9.17) is 0 Å². The fraction of sp³-hybridized carbons (Fsp3) is 0.148. The van der Waals surface area contributed by atoms with Gasteiger partial charge >= 0.3 is 0 Å². The summed E-state index contributed by atoms with van der Waals surface area (Å²) in [5.41, 5.74) is 21.2. The molecule has 0 unspecified atom stereocenters. The summed E-state index contributed by atoms with van der Waals surface area (Å²) < 4.78 is 4.77. The molecule has 0 saturated carbocycles. The first-order valence-electron chi connectivity index (χ1n) is 20.0. The van der Waals surface area contributed by atoms with Gasteiger partial charge < -0.3 is 9.13 Å². The van der Waals surface area contributed by atoms with Crippen LogP contribution >= 0.6 is 0 Å². The summed E-state index contributed by atoms with van der Waals surface area (Å²) >= 11 is 0. The van der Waals surface area contributed by atoms with Gasteiger partial charge in [-0.3, -0.25) is 0 Å². The van der Waals surface area contributed by atoms with Gasteiger partial charge in [0, 0.05) is 68.5 Å². The van der Waals surface area contributed by atoms with Crippen LogP contribution in [0, 0.1) is 0 Å². The van der Waals surface area contributed by atoms with Crippen LogP contribution in [0.3, 0.4) is 0 Å². The maximum Gasteiger partial charge on any atom is 0.0495 e. The van der Waals surface area contributed by atoms with Crippen molar-refractivity contribution in [1.82, 2.24) is 9.13 Å². The lowest BCUT2D eigenvalue weighted by molar-refractivity contribution is 0.660. The first kappa shape index (κ1) is 31.9. The lowest BCUT2D eigenvalue weighted by atomic mass is 9.81. The Morgan fingerprint density at radius 2 is 0.679 bits per heavy atom. The molecule has 12 rings (SSSR count). The van der Waals surface area contributed by atoms with Crippen LogP contribution in [0.1, 0.15) is 49.9 Å². The van der Waals surface area contributed by atoms with E-state index in [9.17, 15) is 0 Å². The van der Waals surface area contributed by atoms with E-state index in [2.05, 4.69) is 197 Å². The summed E-state index contributed by atoms with van der Waals surface area (Å²) in [6.45, 7) is 9.44. The first-order valence-corrected chi connectivity index (χ1v) is 20.0. The number of aromatic nitrogens is 2. The van der Waals surface area contributed by atoms with Gasteiger partial charge in [0.1, 0.15) is 0 Å². The second kappa shape index (κ2) is 10.7. The quantitative estimate of drug-likeness (QED) is 0.168. The molecule has 0 fully saturated rings. The molecule has 0 aliphatic heterocycles. The number of hydrogen-bond acceptors (Lipinski definition) is 0. The molecule has 0 spiro atoms. The van der Waals surface area contributed by atoms with E-state index in [0.29, 0.717) is 0 Å². The summed E-state index contributed by atoms with van der Waals surface area (Å²) in [6, 6.07) is 55.5. The predicted octanol–water partition coefficient (Wildman–Crippen LogP) is 14.1. The average Bonchev–Trinajstić information content (AvgIpc) is 3.85. The number of aryl methyl sites for hydroxylation is 2. The van der Waals surface area contributed by atoms with Gasteiger partial charge in [0.15, 0.2) is 0 Å². The van der Waals surface area contributed by atoms with E-state index in [0.717, 1.165) is 0 Å². The van der Waals surface area contributed by atoms with Gasteiger partial charge in [0.05, 0.1) is 0 Å². The molecule has 0 bridgehead atoms. The van der Waals surface area contributed by atoms with Crippen LogP contribution in [0.4, 0.5) is 0 Å². The minimum Gasteiger partial charge on any atom is -0.344 e. The van der Waals surface area contributed by atoms with Crippen molar-refractivity contribution in [2.45, 2.75) is 38.5 Å². The fourth-order valence-electron chi connectivity index (χ4n) is 10.9. The Morgan fingerprint density at radius 1 is 0.321 bits per heavy atom. The normalized spacial score (nSPS) is 14.9. The first-order chi connectivity index (χ1) is 27.1. The van der Waals surface area contributed by atoms with Crippen molar-refractivity contribution >= 4 is 54.4 Å². The molecule has 56 heavy (non-hydrogen) atoms. The molecule has 8 aromatic carbocycles. The molecule has 2 nitrogen and oxygen atoms in total. The molecular weight excluding hydrogens is 677 g/mol. The number of nitrogens with zero attached hydrogens (tertiary/aromatic N) is 2. The lowest BCUT2D eigenvalue weighted by Gasteiger charge is -2.22. The largest absolute Gasteiger partial charge is 0.344 e. The topological polar surface area (TPSA) is 9.86 Å². The van der Waals surface area contributed by atoms with E-state index in [-0.39, 0.29) is 10.8 Å². The van der Waals surface area contributed by atoms with Gasteiger partial charge in [-0.05, 0) is 114 Å². The molecule has 10 aromatic rings. The predicted molar refractivity (Wildman–Crippen MR) is 238 cm³/mol. The van der Waals surface area contributed by atoms with Crippen LogP contribution in [0.15, 0.2) is 146 Å². The zero-order chi connectivity index (χ0) is 37.8. The zero-order valence-electron chi connectivity index (χ0n) is 32.8. The van der Waals surface area contributed by atoms with E-state index in [1.165, 1.54) is 121 Å². The van der Waals surface area contributed by atoms with Crippen LogP contribution in [0.5, 0.6) is 0 Å². The Kier molecular flexibility index (Phi) is 6.09. The highest BCUT2D eigenvalue weighted by Gasteiger charge is 2.36. The summed E-state index contributed by atoms with van der Waals surface area (Å²) in [5, 5.41) is 7.87. The number of fused-ring (bicyclic) bond motifs is 15. The van der Waals surface area contributed by atoms with Gasteiger partial charge in [-0.2, -0.15) is 0 Å². The number of benzene rings is 8. The smallest absolute Gasteiger partial charge is 0.0495 e. The van der Waals surface area contributed by atoms with Gasteiger partial charge in [0.25, 0.3) is 0 Å². The average molecular weight is 719 g/mol. The molecule has 2 heterocycles. The fourth-order valence-corrected chi connectivity index (χ4v) is 10.9. The SMILES string of the molecule is Cn1c2cc(-c3ccc4c(c3)C(C)(C)c3ccccc3-4)ccc2c2c3ccc4c(c3ccc21)c1ccc(-c2ccc3c(c2)C(C)(C)c2ccccc2-3)cc1n4C. The molecule has 0 atom stereocenters. The molecule has 0 amide bonds. The minimum atomic E-state index is -0.0227. The summed E-state index contributed by atoms with van der Waals surface area (Å²) in [4.78, 5) is 0. The van der Waals surface area contributed by atoms with Crippen LogP contribution in [-0.2, 0) is 24.9 Å². The van der Waals surface area contributed by atoms with Crippen molar-refractivity contribution in [2.75, 3.05) is 0 Å². The highest BCUT2D eigenvalue weighted by molar-refractivity contribution is 6.29. The van der Waals surface area contributed by atoms with Crippen LogP contribution in [-0.4, -0.2) is 9.13 Å². The van der Waals surface area contributed by atoms with Crippen LogP contribution in [0.25, 0.3) is 98.9 Å². The molecule has 2 aliphatic carbocycles. The molecule has 2 heteroatoms. The maximum absolute atomic E-state index is 2.43. The van der Waals surface area contributed by atoms with Gasteiger partial charge in [-0.15, -0.1) is 0 Å². The molecule has 0 radical (unpaired) electrons. The summed E-state index contributed by atoms with van der Waals surface area (Å²) in [7, 11) is 4.44. The highest BCUT2D eigenvalue weighted by atomic mass is 14.9. The summed E-state index contributed by atoms with van der Waals surface area (Å²) in [5.74, 6) is 0. The Bertz CT molecular complexity index is 3150. The van der Waals surface area contributed by atoms with Crippen molar-refractivity contribution in [3.63, 3.8) is 0 Å². The second-order valence-corrected chi connectivity index (χ2v) is 17.5. The molecular formula is C54H42N2. The van der Waals surface area contributed by atoms with E-state index >= 15 is 0 Å². The highest BCUT2D eigenvalue weighted by Crippen LogP contribution is 2.51. The number of hydrogen-bond donors (Lipinski definition) is 0. The van der Waals surface area contributed by atoms with Crippen LogP contribution in [0.2, 0.25) is 0 Å². The van der Waals surface area contributed by atoms with Gasteiger partial charge in [0.2, 0.25) is 0 Å². The maximum atomic E-state index is 2.43. The molecule has 2 aromatic heterocycles. The van der Waals surface area contributed by atoms with Crippen molar-refractivity contribution in [3.05, 3.63) is 168 Å². The van der Waals surface area contributed by atoms with Gasteiger partial charge in [-0.25, -0.2) is 0 Å². The van der Waals surface area contributed by atoms with E-state index in [1.54, 1.807) is 0 Å². The third-order valence-electron chi connectivity index (χ3n) is 14.0. The Morgan fingerprint density at radius 3 is 1.12 bits per heavy atom. The van der Waals surface area contributed by atoms with E-state index < -0.39 is 0 Å². The van der Waals surface area contributed by atoms with Crippen molar-refractivity contribution in [1.29, 1.82) is 0 Å². The van der Waals surface area contributed by atoms with Gasteiger partial charge in [-0.1, -0.05) is 137 Å². The third kappa shape index (κ3) is 3.96. The minimum absolute atomic E-state index is 0.0227. The standard InChI is InChI=1S/C54H42N2/c1-53(2)43-13-9-7-11-35(43)37-19-15-31(27-45(37)53)33-17-21-41-49(29-33)55(5)47-25-23-40-39(51(41)47)24-26-48-52(40)42-22-18-34(30-50(42)56(48)6)32-16-20-38-36-12-8-10-14-44(36)54(3,4)46(38)28-32/h7-30H,1-6H3.